The molecule has 1 aromatic rings. The lowest BCUT2D eigenvalue weighted by atomic mass is 9.95. The number of rotatable bonds is 7. The van der Waals surface area contributed by atoms with Crippen molar-refractivity contribution in [2.45, 2.75) is 32.2 Å². The lowest BCUT2D eigenvalue weighted by Gasteiger charge is -2.26. The van der Waals surface area contributed by atoms with Crippen molar-refractivity contribution in [3.05, 3.63) is 35.9 Å². The molecule has 102 valence electrons. The van der Waals surface area contributed by atoms with Crippen LogP contribution in [0.5, 0.6) is 0 Å². The van der Waals surface area contributed by atoms with Crippen LogP contribution in [0.2, 0.25) is 0 Å². The SMILES string of the molecule is CC(C)(CCc1ccccc1)NCCS(C)(=O)=O. The van der Waals surface area contributed by atoms with Crippen molar-refractivity contribution in [2.24, 2.45) is 0 Å². The minimum atomic E-state index is -2.88. The molecule has 0 bridgehead atoms. The van der Waals surface area contributed by atoms with Gasteiger partial charge in [-0.15, -0.1) is 0 Å². The second kappa shape index (κ2) is 6.34. The van der Waals surface area contributed by atoms with Gasteiger partial charge < -0.3 is 5.32 Å². The standard InChI is InChI=1S/C14H23NO2S/c1-14(2,15-11-12-18(3,16)17)10-9-13-7-5-4-6-8-13/h4-8,15H,9-12H2,1-3H3. The second-order valence-electron chi connectivity index (χ2n) is 5.43. The molecule has 1 rings (SSSR count). The molecular weight excluding hydrogens is 246 g/mol. The molecule has 0 aliphatic heterocycles. The summed E-state index contributed by atoms with van der Waals surface area (Å²) in [5, 5.41) is 3.31. The van der Waals surface area contributed by atoms with Crippen molar-refractivity contribution in [3.8, 4) is 0 Å². The minimum Gasteiger partial charge on any atom is -0.311 e. The predicted octanol–water partition coefficient (Wildman–Crippen LogP) is 2.03. The normalized spacial score (nSPS) is 12.6. The summed E-state index contributed by atoms with van der Waals surface area (Å²) in [6, 6.07) is 10.3. The summed E-state index contributed by atoms with van der Waals surface area (Å²) in [5.74, 6) is 0.196. The summed E-state index contributed by atoms with van der Waals surface area (Å²) in [4.78, 5) is 0. The van der Waals surface area contributed by atoms with Crippen LogP contribution in [0, 0.1) is 0 Å². The maximum atomic E-state index is 11.1. The van der Waals surface area contributed by atoms with Crippen LogP contribution in [0.4, 0.5) is 0 Å². The number of nitrogens with one attached hydrogen (secondary N) is 1. The van der Waals surface area contributed by atoms with Crippen molar-refractivity contribution in [1.29, 1.82) is 0 Å². The minimum absolute atomic E-state index is 0.0411. The predicted molar refractivity (Wildman–Crippen MR) is 76.6 cm³/mol. The summed E-state index contributed by atoms with van der Waals surface area (Å²) in [6.45, 7) is 4.73. The van der Waals surface area contributed by atoms with E-state index >= 15 is 0 Å². The smallest absolute Gasteiger partial charge is 0.148 e. The Kier molecular flexibility index (Phi) is 5.35. The lowest BCUT2D eigenvalue weighted by Crippen LogP contribution is -2.42. The zero-order chi connectivity index (χ0) is 13.6. The van der Waals surface area contributed by atoms with Crippen LogP contribution in [-0.2, 0) is 16.3 Å². The highest BCUT2D eigenvalue weighted by atomic mass is 32.2. The number of hydrogen-bond acceptors (Lipinski definition) is 3. The van der Waals surface area contributed by atoms with Gasteiger partial charge in [-0.2, -0.15) is 0 Å². The van der Waals surface area contributed by atoms with E-state index in [0.717, 1.165) is 12.8 Å². The van der Waals surface area contributed by atoms with Crippen LogP contribution in [0.3, 0.4) is 0 Å². The molecule has 0 atom stereocenters. The maximum absolute atomic E-state index is 11.1. The van der Waals surface area contributed by atoms with E-state index in [1.807, 2.05) is 18.2 Å². The van der Waals surface area contributed by atoms with Gasteiger partial charge in [0.15, 0.2) is 0 Å². The van der Waals surface area contributed by atoms with Crippen LogP contribution < -0.4 is 5.32 Å². The van der Waals surface area contributed by atoms with Crippen molar-refractivity contribution < 1.29 is 8.42 Å². The third-order valence-electron chi connectivity index (χ3n) is 2.96. The lowest BCUT2D eigenvalue weighted by molar-refractivity contribution is 0.372. The Balaban J connectivity index is 2.36. The first-order valence-corrected chi connectivity index (χ1v) is 8.31. The zero-order valence-electron chi connectivity index (χ0n) is 11.4. The van der Waals surface area contributed by atoms with Gasteiger partial charge in [0.05, 0.1) is 5.75 Å². The highest BCUT2D eigenvalue weighted by Crippen LogP contribution is 2.13. The molecule has 3 nitrogen and oxygen atoms in total. The number of benzene rings is 1. The van der Waals surface area contributed by atoms with Crippen LogP contribution in [-0.4, -0.2) is 32.5 Å². The van der Waals surface area contributed by atoms with Gasteiger partial charge in [0, 0.05) is 18.3 Å². The number of aryl methyl sites for hydroxylation is 1. The van der Waals surface area contributed by atoms with Gasteiger partial charge in [-0.1, -0.05) is 30.3 Å². The summed E-state index contributed by atoms with van der Waals surface area (Å²) >= 11 is 0. The average molecular weight is 269 g/mol. The first kappa shape index (κ1) is 15.2. The summed E-state index contributed by atoms with van der Waals surface area (Å²) in [5.41, 5.74) is 1.27. The summed E-state index contributed by atoms with van der Waals surface area (Å²) in [7, 11) is -2.88. The molecule has 1 aromatic carbocycles. The van der Waals surface area contributed by atoms with Gasteiger partial charge in [-0.3, -0.25) is 0 Å². The second-order valence-corrected chi connectivity index (χ2v) is 7.69. The molecule has 0 spiro atoms. The molecule has 0 unspecified atom stereocenters. The molecule has 0 saturated carbocycles. The Bertz CT molecular complexity index is 452. The fraction of sp³-hybridized carbons (Fsp3) is 0.571. The number of hydrogen-bond donors (Lipinski definition) is 1. The Morgan fingerprint density at radius 2 is 1.78 bits per heavy atom. The van der Waals surface area contributed by atoms with E-state index < -0.39 is 9.84 Å². The quantitative estimate of drug-likeness (QED) is 0.824. The van der Waals surface area contributed by atoms with Crippen LogP contribution in [0.1, 0.15) is 25.8 Å². The van der Waals surface area contributed by atoms with Gasteiger partial charge in [-0.25, -0.2) is 8.42 Å². The molecule has 0 radical (unpaired) electrons. The van der Waals surface area contributed by atoms with Crippen molar-refractivity contribution in [1.82, 2.24) is 5.32 Å². The van der Waals surface area contributed by atoms with E-state index in [2.05, 4.69) is 31.3 Å². The Hall–Kier alpha value is -0.870. The van der Waals surface area contributed by atoms with Crippen molar-refractivity contribution in [2.75, 3.05) is 18.6 Å². The van der Waals surface area contributed by atoms with Gasteiger partial charge in [0.25, 0.3) is 0 Å². The molecule has 0 aromatic heterocycles. The van der Waals surface area contributed by atoms with Gasteiger partial charge in [-0.05, 0) is 32.3 Å². The van der Waals surface area contributed by atoms with E-state index in [0.29, 0.717) is 6.54 Å². The largest absolute Gasteiger partial charge is 0.311 e. The molecule has 0 saturated heterocycles. The topological polar surface area (TPSA) is 46.2 Å². The van der Waals surface area contributed by atoms with E-state index in [1.54, 1.807) is 0 Å². The Morgan fingerprint density at radius 1 is 1.17 bits per heavy atom. The molecule has 0 aliphatic carbocycles. The fourth-order valence-electron chi connectivity index (χ4n) is 1.76. The van der Waals surface area contributed by atoms with Gasteiger partial charge in [0.2, 0.25) is 0 Å². The molecule has 0 aliphatic rings. The van der Waals surface area contributed by atoms with Crippen LogP contribution in [0.15, 0.2) is 30.3 Å². The van der Waals surface area contributed by atoms with Crippen molar-refractivity contribution in [3.63, 3.8) is 0 Å². The monoisotopic (exact) mass is 269 g/mol. The summed E-state index contributed by atoms with van der Waals surface area (Å²) in [6.07, 6.45) is 3.26. The molecule has 0 fully saturated rings. The zero-order valence-corrected chi connectivity index (χ0v) is 12.3. The van der Waals surface area contributed by atoms with Gasteiger partial charge >= 0.3 is 0 Å². The highest BCUT2D eigenvalue weighted by Gasteiger charge is 2.17. The Morgan fingerprint density at radius 3 is 2.33 bits per heavy atom. The van der Waals surface area contributed by atoms with E-state index in [1.165, 1.54) is 11.8 Å². The maximum Gasteiger partial charge on any atom is 0.148 e. The van der Waals surface area contributed by atoms with Gasteiger partial charge in [0.1, 0.15) is 9.84 Å². The van der Waals surface area contributed by atoms with E-state index in [4.69, 9.17) is 0 Å². The third-order valence-corrected chi connectivity index (χ3v) is 3.90. The van der Waals surface area contributed by atoms with E-state index in [-0.39, 0.29) is 11.3 Å². The fourth-order valence-corrected chi connectivity index (χ4v) is 2.24. The number of sulfone groups is 1. The highest BCUT2D eigenvalue weighted by molar-refractivity contribution is 7.90. The Labute approximate surface area is 111 Å². The molecule has 1 N–H and O–H groups in total. The first-order valence-electron chi connectivity index (χ1n) is 6.25. The first-order chi connectivity index (χ1) is 8.29. The average Bonchev–Trinajstić information content (AvgIpc) is 2.26. The third kappa shape index (κ3) is 6.77. The van der Waals surface area contributed by atoms with E-state index in [9.17, 15) is 8.42 Å². The summed E-state index contributed by atoms with van der Waals surface area (Å²) < 4.78 is 22.1. The molecule has 4 heteroatoms. The molecule has 18 heavy (non-hydrogen) atoms. The van der Waals surface area contributed by atoms with Crippen LogP contribution in [0.25, 0.3) is 0 Å². The van der Waals surface area contributed by atoms with Crippen molar-refractivity contribution >= 4 is 9.84 Å². The molecule has 0 heterocycles. The van der Waals surface area contributed by atoms with Crippen LogP contribution >= 0.6 is 0 Å². The molecular formula is C14H23NO2S. The molecule has 0 amide bonds.